The van der Waals surface area contributed by atoms with Crippen LogP contribution in [0, 0.1) is 0 Å². The lowest BCUT2D eigenvalue weighted by atomic mass is 10.3. The first-order chi connectivity index (χ1) is 8.99. The molecule has 0 aliphatic heterocycles. The highest BCUT2D eigenvalue weighted by Crippen LogP contribution is 2.23. The summed E-state index contributed by atoms with van der Waals surface area (Å²) >= 11 is 4.70. The van der Waals surface area contributed by atoms with E-state index in [-0.39, 0.29) is 4.90 Å². The molecule has 102 valence electrons. The predicted octanol–water partition coefficient (Wildman–Crippen LogP) is 2.01. The zero-order valence-electron chi connectivity index (χ0n) is 9.84. The van der Waals surface area contributed by atoms with E-state index in [1.54, 1.807) is 17.6 Å². The van der Waals surface area contributed by atoms with Crippen molar-refractivity contribution in [3.05, 3.63) is 39.3 Å². The number of benzene rings is 1. The number of anilines is 1. The lowest BCUT2D eigenvalue weighted by Gasteiger charge is -2.08. The molecule has 19 heavy (non-hydrogen) atoms. The van der Waals surface area contributed by atoms with E-state index in [9.17, 15) is 8.42 Å². The number of nitrogen functional groups attached to an aromatic ring is 1. The molecule has 0 bridgehead atoms. The van der Waals surface area contributed by atoms with Crippen LogP contribution in [0.15, 0.2) is 38.5 Å². The van der Waals surface area contributed by atoms with E-state index in [0.717, 1.165) is 5.69 Å². The fourth-order valence-electron chi connectivity index (χ4n) is 1.48. The third kappa shape index (κ3) is 3.75. The molecule has 1 heterocycles. The number of hydrogen-bond donors (Lipinski definition) is 2. The molecular weight excluding hydrogens is 350 g/mol. The molecule has 0 atom stereocenters. The van der Waals surface area contributed by atoms with Crippen molar-refractivity contribution in [1.29, 1.82) is 0 Å². The minimum absolute atomic E-state index is 0.144. The maximum absolute atomic E-state index is 12.1. The first-order valence-electron chi connectivity index (χ1n) is 5.41. The molecule has 0 saturated carbocycles. The van der Waals surface area contributed by atoms with Crippen molar-refractivity contribution in [3.8, 4) is 0 Å². The quantitative estimate of drug-likeness (QED) is 0.797. The van der Waals surface area contributed by atoms with E-state index >= 15 is 0 Å². The van der Waals surface area contributed by atoms with Crippen LogP contribution < -0.4 is 10.5 Å². The third-order valence-corrected chi connectivity index (χ3v) is 5.49. The number of rotatable bonds is 5. The normalized spacial score (nSPS) is 11.6. The molecule has 5 nitrogen and oxygen atoms in total. The highest BCUT2D eigenvalue weighted by Gasteiger charge is 2.17. The molecule has 1 aromatic heterocycles. The second kappa shape index (κ2) is 6.00. The summed E-state index contributed by atoms with van der Waals surface area (Å²) in [4.78, 5) is 4.24. The van der Waals surface area contributed by atoms with E-state index in [2.05, 4.69) is 25.6 Å². The van der Waals surface area contributed by atoms with Crippen molar-refractivity contribution in [3.63, 3.8) is 0 Å². The van der Waals surface area contributed by atoms with Crippen molar-refractivity contribution < 1.29 is 8.42 Å². The number of thiazole rings is 1. The second-order valence-electron chi connectivity index (χ2n) is 3.82. The Hall–Kier alpha value is -0.960. The van der Waals surface area contributed by atoms with Gasteiger partial charge in [0.15, 0.2) is 0 Å². The molecule has 2 rings (SSSR count). The Morgan fingerprint density at radius 2 is 2.21 bits per heavy atom. The summed E-state index contributed by atoms with van der Waals surface area (Å²) < 4.78 is 27.3. The van der Waals surface area contributed by atoms with Gasteiger partial charge in [-0.25, -0.2) is 18.1 Å². The van der Waals surface area contributed by atoms with Crippen LogP contribution in [-0.2, 0) is 16.4 Å². The monoisotopic (exact) mass is 361 g/mol. The molecule has 3 N–H and O–H groups in total. The van der Waals surface area contributed by atoms with Crippen LogP contribution >= 0.6 is 27.3 Å². The first-order valence-corrected chi connectivity index (χ1v) is 8.63. The Morgan fingerprint density at radius 3 is 2.89 bits per heavy atom. The smallest absolute Gasteiger partial charge is 0.241 e. The van der Waals surface area contributed by atoms with Crippen LogP contribution in [0.4, 0.5) is 5.69 Å². The molecule has 0 aliphatic rings. The van der Waals surface area contributed by atoms with Gasteiger partial charge < -0.3 is 5.73 Å². The summed E-state index contributed by atoms with van der Waals surface area (Å²) in [5.41, 5.74) is 8.61. The van der Waals surface area contributed by atoms with Gasteiger partial charge in [-0.05, 0) is 34.1 Å². The van der Waals surface area contributed by atoms with Crippen LogP contribution in [0.3, 0.4) is 0 Å². The van der Waals surface area contributed by atoms with E-state index in [4.69, 9.17) is 5.73 Å². The van der Waals surface area contributed by atoms with Gasteiger partial charge >= 0.3 is 0 Å². The molecule has 0 unspecified atom stereocenters. The number of nitrogens with one attached hydrogen (secondary N) is 1. The molecular formula is C11H12BrN3O2S2. The summed E-state index contributed by atoms with van der Waals surface area (Å²) in [7, 11) is -3.57. The highest BCUT2D eigenvalue weighted by atomic mass is 79.9. The minimum Gasteiger partial charge on any atom is -0.399 e. The average Bonchev–Trinajstić information content (AvgIpc) is 2.85. The summed E-state index contributed by atoms with van der Waals surface area (Å²) in [6, 6.07) is 4.68. The molecule has 0 aliphatic carbocycles. The highest BCUT2D eigenvalue weighted by molar-refractivity contribution is 9.10. The van der Waals surface area contributed by atoms with E-state index < -0.39 is 10.0 Å². The van der Waals surface area contributed by atoms with Gasteiger partial charge in [0, 0.05) is 28.5 Å². The molecule has 8 heteroatoms. The van der Waals surface area contributed by atoms with E-state index in [0.29, 0.717) is 23.1 Å². The van der Waals surface area contributed by atoms with Crippen molar-refractivity contribution in [2.75, 3.05) is 12.3 Å². The van der Waals surface area contributed by atoms with Gasteiger partial charge in [-0.2, -0.15) is 0 Å². The third-order valence-electron chi connectivity index (χ3n) is 2.40. The Morgan fingerprint density at radius 1 is 1.42 bits per heavy atom. The van der Waals surface area contributed by atoms with Crippen molar-refractivity contribution in [1.82, 2.24) is 9.71 Å². The molecule has 0 amide bonds. The van der Waals surface area contributed by atoms with Gasteiger partial charge in [-0.15, -0.1) is 11.3 Å². The fraction of sp³-hybridized carbons (Fsp3) is 0.182. The van der Waals surface area contributed by atoms with Crippen molar-refractivity contribution >= 4 is 43.0 Å². The Bertz CT molecular complexity index is 657. The lowest BCUT2D eigenvalue weighted by molar-refractivity contribution is 0.581. The molecule has 0 saturated heterocycles. The summed E-state index contributed by atoms with van der Waals surface area (Å²) in [6.07, 6.45) is 0.558. The number of aromatic nitrogens is 1. The molecule has 0 fully saturated rings. The Kier molecular flexibility index (Phi) is 4.56. The Labute approximate surface area is 124 Å². The summed E-state index contributed by atoms with van der Waals surface area (Å²) in [6.45, 7) is 0.299. The van der Waals surface area contributed by atoms with E-state index in [1.165, 1.54) is 17.4 Å². The van der Waals surface area contributed by atoms with Gasteiger partial charge in [0.05, 0.1) is 16.1 Å². The topological polar surface area (TPSA) is 85.1 Å². The van der Waals surface area contributed by atoms with Gasteiger partial charge in [-0.3, -0.25) is 0 Å². The summed E-state index contributed by atoms with van der Waals surface area (Å²) in [5, 5.41) is 1.89. The molecule has 1 aromatic carbocycles. The number of hydrogen-bond acceptors (Lipinski definition) is 5. The number of halogens is 1. The number of sulfonamides is 1. The number of nitrogens with two attached hydrogens (primary N) is 1. The van der Waals surface area contributed by atoms with Gasteiger partial charge in [0.2, 0.25) is 10.0 Å². The van der Waals surface area contributed by atoms with Gasteiger partial charge in [-0.1, -0.05) is 0 Å². The zero-order chi connectivity index (χ0) is 13.9. The van der Waals surface area contributed by atoms with Crippen LogP contribution in [0.5, 0.6) is 0 Å². The van der Waals surface area contributed by atoms with Crippen LogP contribution in [0.1, 0.15) is 5.69 Å². The fourth-order valence-corrected chi connectivity index (χ4v) is 4.10. The second-order valence-corrected chi connectivity index (χ2v) is 7.13. The largest absolute Gasteiger partial charge is 0.399 e. The van der Waals surface area contributed by atoms with Crippen LogP contribution in [0.25, 0.3) is 0 Å². The molecule has 2 aromatic rings. The summed E-state index contributed by atoms with van der Waals surface area (Å²) in [5.74, 6) is 0. The average molecular weight is 362 g/mol. The maximum Gasteiger partial charge on any atom is 0.241 e. The van der Waals surface area contributed by atoms with E-state index in [1.807, 2.05) is 5.38 Å². The van der Waals surface area contributed by atoms with Crippen molar-refractivity contribution in [2.45, 2.75) is 11.3 Å². The molecule has 0 radical (unpaired) electrons. The van der Waals surface area contributed by atoms with Gasteiger partial charge in [0.1, 0.15) is 0 Å². The maximum atomic E-state index is 12.1. The van der Waals surface area contributed by atoms with Crippen LogP contribution in [0.2, 0.25) is 0 Å². The zero-order valence-corrected chi connectivity index (χ0v) is 13.1. The first kappa shape index (κ1) is 14.4. The molecule has 0 spiro atoms. The standard InChI is InChI=1S/C11H12BrN3O2S2/c12-10-2-1-8(13)5-11(10)19(16,17)15-4-3-9-6-18-7-14-9/h1-2,5-7,15H,3-4,13H2. The Balaban J connectivity index is 2.07. The predicted molar refractivity (Wildman–Crippen MR) is 79.6 cm³/mol. The minimum atomic E-state index is -3.57. The van der Waals surface area contributed by atoms with Crippen LogP contribution in [-0.4, -0.2) is 19.9 Å². The van der Waals surface area contributed by atoms with Crippen molar-refractivity contribution in [2.24, 2.45) is 0 Å². The SMILES string of the molecule is Nc1ccc(Br)c(S(=O)(=O)NCCc2cscn2)c1. The van der Waals surface area contributed by atoms with Gasteiger partial charge in [0.25, 0.3) is 0 Å². The number of nitrogens with zero attached hydrogens (tertiary/aromatic N) is 1. The lowest BCUT2D eigenvalue weighted by Crippen LogP contribution is -2.26.